The van der Waals surface area contributed by atoms with Crippen LogP contribution in [0.4, 0.5) is 4.39 Å². The average molecular weight is 194 g/mol. The number of fused-ring (bicyclic) bond motifs is 1. The van der Waals surface area contributed by atoms with E-state index in [2.05, 4.69) is 0 Å². The molecule has 0 saturated carbocycles. The summed E-state index contributed by atoms with van der Waals surface area (Å²) >= 11 is 1.19. The van der Waals surface area contributed by atoms with Crippen molar-refractivity contribution in [2.75, 3.05) is 0 Å². The van der Waals surface area contributed by atoms with Gasteiger partial charge in [-0.3, -0.25) is 4.79 Å². The molecule has 1 aromatic heterocycles. The predicted octanol–water partition coefficient (Wildman–Crippen LogP) is 3.16. The van der Waals surface area contributed by atoms with E-state index >= 15 is 0 Å². The Morgan fingerprint density at radius 3 is 2.92 bits per heavy atom. The van der Waals surface area contributed by atoms with Gasteiger partial charge in [-0.2, -0.15) is 0 Å². The van der Waals surface area contributed by atoms with Crippen LogP contribution in [0.5, 0.6) is 0 Å². The monoisotopic (exact) mass is 194 g/mol. The minimum atomic E-state index is -0.394. The van der Waals surface area contributed by atoms with Crippen molar-refractivity contribution in [1.82, 2.24) is 0 Å². The zero-order chi connectivity index (χ0) is 9.42. The van der Waals surface area contributed by atoms with Crippen LogP contribution >= 0.6 is 11.3 Å². The van der Waals surface area contributed by atoms with Gasteiger partial charge in [0.25, 0.3) is 0 Å². The minimum Gasteiger partial charge on any atom is -0.297 e. The zero-order valence-electron chi connectivity index (χ0n) is 7.00. The number of rotatable bonds is 1. The number of thiophene rings is 1. The summed E-state index contributed by atoms with van der Waals surface area (Å²) in [5.41, 5.74) is 1.08. The maximum absolute atomic E-state index is 13.3. The van der Waals surface area contributed by atoms with Crippen molar-refractivity contribution in [1.29, 1.82) is 0 Å². The van der Waals surface area contributed by atoms with Gasteiger partial charge in [-0.05, 0) is 18.6 Å². The van der Waals surface area contributed by atoms with E-state index in [4.69, 9.17) is 0 Å². The molecular weight excluding hydrogens is 187 g/mol. The number of aryl methyl sites for hydroxylation is 1. The molecule has 0 bridgehead atoms. The minimum absolute atomic E-state index is 0.181. The Balaban J connectivity index is 2.83. The average Bonchev–Trinajstić information content (AvgIpc) is 2.42. The quantitative estimate of drug-likeness (QED) is 0.637. The van der Waals surface area contributed by atoms with E-state index in [1.54, 1.807) is 6.07 Å². The van der Waals surface area contributed by atoms with E-state index in [0.717, 1.165) is 10.3 Å². The number of carbonyl (C=O) groups excluding carboxylic acids is 1. The molecule has 2 rings (SSSR count). The molecule has 3 heteroatoms. The molecule has 1 aromatic carbocycles. The Hall–Kier alpha value is -1.22. The molecule has 0 radical (unpaired) electrons. The Morgan fingerprint density at radius 2 is 2.23 bits per heavy atom. The molecule has 1 nitrogen and oxygen atoms in total. The molecule has 0 amide bonds. The van der Waals surface area contributed by atoms with Gasteiger partial charge in [0.2, 0.25) is 0 Å². The molecule has 1 heterocycles. The van der Waals surface area contributed by atoms with Crippen molar-refractivity contribution in [3.05, 3.63) is 34.5 Å². The fourth-order valence-corrected chi connectivity index (χ4v) is 2.26. The van der Waals surface area contributed by atoms with Gasteiger partial charge in [-0.15, -0.1) is 11.3 Å². The molecule has 0 fully saturated rings. The normalized spacial score (nSPS) is 10.6. The maximum atomic E-state index is 13.3. The van der Waals surface area contributed by atoms with E-state index in [1.165, 1.54) is 11.3 Å². The Morgan fingerprint density at radius 1 is 1.46 bits per heavy atom. The van der Waals surface area contributed by atoms with Gasteiger partial charge in [0.1, 0.15) is 4.88 Å². The standard InChI is InChI=1S/C10H7FOS/c1-6-2-3-7-8(4-6)13-9(5-12)10(7)11/h2-5H,1H3. The highest BCUT2D eigenvalue weighted by molar-refractivity contribution is 7.20. The second kappa shape index (κ2) is 2.92. The number of benzene rings is 1. The first-order chi connectivity index (χ1) is 6.22. The van der Waals surface area contributed by atoms with Crippen molar-refractivity contribution >= 4 is 27.7 Å². The van der Waals surface area contributed by atoms with E-state index in [-0.39, 0.29) is 4.88 Å². The maximum Gasteiger partial charge on any atom is 0.163 e. The van der Waals surface area contributed by atoms with Crippen LogP contribution in [0.1, 0.15) is 15.2 Å². The van der Waals surface area contributed by atoms with Crippen LogP contribution in [-0.4, -0.2) is 6.29 Å². The summed E-state index contributed by atoms with van der Waals surface area (Å²) in [6.45, 7) is 1.94. The first-order valence-corrected chi connectivity index (χ1v) is 4.68. The fraction of sp³-hybridized carbons (Fsp3) is 0.100. The summed E-state index contributed by atoms with van der Waals surface area (Å²) in [5, 5.41) is 0.540. The van der Waals surface area contributed by atoms with Crippen LogP contribution < -0.4 is 0 Å². The summed E-state index contributed by atoms with van der Waals surface area (Å²) in [5.74, 6) is -0.394. The van der Waals surface area contributed by atoms with Gasteiger partial charge in [-0.25, -0.2) is 4.39 Å². The van der Waals surface area contributed by atoms with Gasteiger partial charge in [0, 0.05) is 10.1 Å². The third-order valence-electron chi connectivity index (χ3n) is 1.92. The molecule has 0 aliphatic carbocycles. The van der Waals surface area contributed by atoms with Gasteiger partial charge < -0.3 is 0 Å². The molecule has 0 N–H and O–H groups in total. The first-order valence-electron chi connectivity index (χ1n) is 3.86. The number of carbonyl (C=O) groups is 1. The first kappa shape index (κ1) is 8.38. The number of halogens is 1. The second-order valence-electron chi connectivity index (χ2n) is 2.90. The molecule has 0 spiro atoms. The molecule has 0 unspecified atom stereocenters. The SMILES string of the molecule is Cc1ccc2c(F)c(C=O)sc2c1. The van der Waals surface area contributed by atoms with Crippen LogP contribution in [-0.2, 0) is 0 Å². The molecule has 13 heavy (non-hydrogen) atoms. The molecule has 0 aliphatic rings. The summed E-state index contributed by atoms with van der Waals surface area (Å²) in [7, 11) is 0. The summed E-state index contributed by atoms with van der Waals surface area (Å²) in [6.07, 6.45) is 0.565. The van der Waals surface area contributed by atoms with Crippen LogP contribution in [0.2, 0.25) is 0 Å². The zero-order valence-corrected chi connectivity index (χ0v) is 7.82. The Kier molecular flexibility index (Phi) is 1.88. The lowest BCUT2D eigenvalue weighted by atomic mass is 10.2. The molecular formula is C10H7FOS. The molecule has 0 aliphatic heterocycles. The van der Waals surface area contributed by atoms with Crippen LogP contribution in [0.3, 0.4) is 0 Å². The largest absolute Gasteiger partial charge is 0.297 e. The Labute approximate surface area is 78.8 Å². The second-order valence-corrected chi connectivity index (χ2v) is 3.98. The molecule has 0 saturated heterocycles. The Bertz CT molecular complexity index is 473. The molecule has 66 valence electrons. The van der Waals surface area contributed by atoms with Crippen LogP contribution in [0, 0.1) is 12.7 Å². The number of aldehydes is 1. The highest BCUT2D eigenvalue weighted by Gasteiger charge is 2.10. The van der Waals surface area contributed by atoms with E-state index in [0.29, 0.717) is 11.7 Å². The lowest BCUT2D eigenvalue weighted by Gasteiger charge is -1.90. The summed E-state index contributed by atoms with van der Waals surface area (Å²) < 4.78 is 14.2. The highest BCUT2D eigenvalue weighted by Crippen LogP contribution is 2.29. The van der Waals surface area contributed by atoms with Crippen molar-refractivity contribution in [2.24, 2.45) is 0 Å². The highest BCUT2D eigenvalue weighted by atomic mass is 32.1. The van der Waals surface area contributed by atoms with Gasteiger partial charge in [0.15, 0.2) is 12.1 Å². The molecule has 0 atom stereocenters. The van der Waals surface area contributed by atoms with E-state index < -0.39 is 5.82 Å². The van der Waals surface area contributed by atoms with Crippen molar-refractivity contribution < 1.29 is 9.18 Å². The smallest absolute Gasteiger partial charge is 0.163 e. The summed E-state index contributed by atoms with van der Waals surface area (Å²) in [4.78, 5) is 10.6. The van der Waals surface area contributed by atoms with Crippen molar-refractivity contribution in [3.8, 4) is 0 Å². The van der Waals surface area contributed by atoms with Crippen molar-refractivity contribution in [2.45, 2.75) is 6.92 Å². The van der Waals surface area contributed by atoms with Gasteiger partial charge in [0.05, 0.1) is 0 Å². The van der Waals surface area contributed by atoms with Gasteiger partial charge >= 0.3 is 0 Å². The molecule has 2 aromatic rings. The lowest BCUT2D eigenvalue weighted by molar-refractivity contribution is 0.112. The predicted molar refractivity (Wildman–Crippen MR) is 51.9 cm³/mol. The van der Waals surface area contributed by atoms with Crippen LogP contribution in [0.15, 0.2) is 18.2 Å². The summed E-state index contributed by atoms with van der Waals surface area (Å²) in [6, 6.07) is 5.44. The fourth-order valence-electron chi connectivity index (χ4n) is 1.27. The third-order valence-corrected chi connectivity index (χ3v) is 2.97. The van der Waals surface area contributed by atoms with Crippen LogP contribution in [0.25, 0.3) is 10.1 Å². The van der Waals surface area contributed by atoms with Crippen molar-refractivity contribution in [3.63, 3.8) is 0 Å². The lowest BCUT2D eigenvalue weighted by Crippen LogP contribution is -1.77. The third kappa shape index (κ3) is 1.25. The van der Waals surface area contributed by atoms with E-state index in [9.17, 15) is 9.18 Å². The van der Waals surface area contributed by atoms with Gasteiger partial charge in [-0.1, -0.05) is 12.1 Å². The number of hydrogen-bond donors (Lipinski definition) is 0. The topological polar surface area (TPSA) is 17.1 Å². The number of hydrogen-bond acceptors (Lipinski definition) is 2. The van der Waals surface area contributed by atoms with E-state index in [1.807, 2.05) is 19.1 Å².